The van der Waals surface area contributed by atoms with E-state index in [9.17, 15) is 9.59 Å². The number of ether oxygens (including phenoxy) is 1. The van der Waals surface area contributed by atoms with E-state index in [1.54, 1.807) is 0 Å². The molecule has 0 radical (unpaired) electrons. The van der Waals surface area contributed by atoms with Gasteiger partial charge in [0.05, 0.1) is 12.8 Å². The van der Waals surface area contributed by atoms with Crippen LogP contribution < -0.4 is 5.32 Å². The Kier molecular flexibility index (Phi) is 3.05. The van der Waals surface area contributed by atoms with Gasteiger partial charge < -0.3 is 15.2 Å². The molecule has 1 unspecified atom stereocenters. The van der Waals surface area contributed by atoms with E-state index in [1.165, 1.54) is 17.1 Å². The minimum absolute atomic E-state index is 0.00850. The van der Waals surface area contributed by atoms with Gasteiger partial charge in [-0.25, -0.2) is 9.48 Å². The lowest BCUT2D eigenvalue weighted by Gasteiger charge is -2.23. The summed E-state index contributed by atoms with van der Waals surface area (Å²) in [5, 5.41) is 18.8. The Morgan fingerprint density at radius 3 is 2.94 bits per heavy atom. The molecular weight excluding hydrogens is 228 g/mol. The second-order valence-corrected chi connectivity index (χ2v) is 3.84. The van der Waals surface area contributed by atoms with E-state index >= 15 is 0 Å². The molecule has 1 amide bonds. The van der Waals surface area contributed by atoms with Crippen molar-refractivity contribution in [2.24, 2.45) is 0 Å². The Morgan fingerprint density at radius 2 is 2.41 bits per heavy atom. The molecule has 1 aliphatic rings. The zero-order valence-electron chi connectivity index (χ0n) is 9.00. The van der Waals surface area contributed by atoms with E-state index < -0.39 is 17.4 Å². The maximum atomic E-state index is 11.7. The molecule has 0 aliphatic carbocycles. The highest BCUT2D eigenvalue weighted by Crippen LogP contribution is 2.18. The number of aromatic nitrogens is 3. The first kappa shape index (κ1) is 11.5. The van der Waals surface area contributed by atoms with Crippen LogP contribution in [0, 0.1) is 0 Å². The van der Waals surface area contributed by atoms with Gasteiger partial charge in [-0.05, 0) is 0 Å². The summed E-state index contributed by atoms with van der Waals surface area (Å²) in [5.74, 6) is -1.51. The third kappa shape index (κ3) is 2.41. The van der Waals surface area contributed by atoms with Gasteiger partial charge in [-0.15, -0.1) is 5.10 Å². The molecule has 2 heterocycles. The zero-order valence-corrected chi connectivity index (χ0v) is 9.00. The Bertz CT molecular complexity index is 411. The highest BCUT2D eigenvalue weighted by Gasteiger charge is 2.43. The Balaban J connectivity index is 1.99. The first-order chi connectivity index (χ1) is 8.12. The van der Waals surface area contributed by atoms with Gasteiger partial charge in [0, 0.05) is 19.2 Å². The lowest BCUT2D eigenvalue weighted by molar-refractivity contribution is -0.147. The van der Waals surface area contributed by atoms with Crippen LogP contribution in [0.5, 0.6) is 0 Å². The van der Waals surface area contributed by atoms with Gasteiger partial charge in [0.2, 0.25) is 5.91 Å². The summed E-state index contributed by atoms with van der Waals surface area (Å²) in [5.41, 5.74) is -1.31. The van der Waals surface area contributed by atoms with Gasteiger partial charge in [-0.2, -0.15) is 0 Å². The number of amides is 1. The Hall–Kier alpha value is -1.96. The lowest BCUT2D eigenvalue weighted by Crippen LogP contribution is -2.55. The van der Waals surface area contributed by atoms with Gasteiger partial charge in [0.25, 0.3) is 0 Å². The molecule has 0 spiro atoms. The molecule has 0 bridgehead atoms. The number of nitrogens with zero attached hydrogens (tertiary/aromatic N) is 3. The number of carboxylic acids is 1. The van der Waals surface area contributed by atoms with E-state index in [4.69, 9.17) is 9.84 Å². The molecule has 1 saturated heterocycles. The number of carbonyl (C=O) groups excluding carboxylic acids is 1. The third-order valence-electron chi connectivity index (χ3n) is 2.59. The summed E-state index contributed by atoms with van der Waals surface area (Å²) in [6, 6.07) is 0. The van der Waals surface area contributed by atoms with Gasteiger partial charge in [0.1, 0.15) is 6.54 Å². The van der Waals surface area contributed by atoms with Crippen LogP contribution in [0.2, 0.25) is 0 Å². The number of hydrogen-bond acceptors (Lipinski definition) is 5. The van der Waals surface area contributed by atoms with Crippen LogP contribution in [0.3, 0.4) is 0 Å². The third-order valence-corrected chi connectivity index (χ3v) is 2.59. The summed E-state index contributed by atoms with van der Waals surface area (Å²) in [7, 11) is 0. The van der Waals surface area contributed by atoms with Crippen molar-refractivity contribution in [1.29, 1.82) is 0 Å². The quantitative estimate of drug-likeness (QED) is 0.673. The molecule has 92 valence electrons. The maximum absolute atomic E-state index is 11.7. The summed E-state index contributed by atoms with van der Waals surface area (Å²) >= 11 is 0. The van der Waals surface area contributed by atoms with E-state index in [0.29, 0.717) is 6.61 Å². The van der Waals surface area contributed by atoms with Crippen LogP contribution in [0.1, 0.15) is 6.42 Å². The standard InChI is InChI=1S/C9H12N4O4/c14-7(5-13-3-2-10-12-13)11-9(8(15)16)1-4-17-6-9/h2-3H,1,4-6H2,(H,11,14)(H,15,16). The van der Waals surface area contributed by atoms with Crippen molar-refractivity contribution in [3.63, 3.8) is 0 Å². The van der Waals surface area contributed by atoms with Crippen molar-refractivity contribution in [1.82, 2.24) is 20.3 Å². The fraction of sp³-hybridized carbons (Fsp3) is 0.556. The number of nitrogens with one attached hydrogen (secondary N) is 1. The van der Waals surface area contributed by atoms with Crippen LogP contribution >= 0.6 is 0 Å². The second kappa shape index (κ2) is 4.50. The fourth-order valence-electron chi connectivity index (χ4n) is 1.66. The molecule has 0 saturated carbocycles. The van der Waals surface area contributed by atoms with Crippen LogP contribution in [0.15, 0.2) is 12.4 Å². The summed E-state index contributed by atoms with van der Waals surface area (Å²) in [6.45, 7) is 0.260. The smallest absolute Gasteiger partial charge is 0.331 e. The topological polar surface area (TPSA) is 106 Å². The molecule has 0 aromatic carbocycles. The van der Waals surface area contributed by atoms with Gasteiger partial charge in [-0.1, -0.05) is 5.21 Å². The first-order valence-electron chi connectivity index (χ1n) is 5.09. The van der Waals surface area contributed by atoms with Crippen molar-refractivity contribution in [3.8, 4) is 0 Å². The number of rotatable bonds is 4. The lowest BCUT2D eigenvalue weighted by atomic mass is 9.99. The highest BCUT2D eigenvalue weighted by atomic mass is 16.5. The number of hydrogen-bond donors (Lipinski definition) is 2. The predicted octanol–water partition coefficient (Wildman–Crippen LogP) is -1.36. The monoisotopic (exact) mass is 240 g/mol. The fourth-order valence-corrected chi connectivity index (χ4v) is 1.66. The molecular formula is C9H12N4O4. The summed E-state index contributed by atoms with van der Waals surface area (Å²) in [4.78, 5) is 22.8. The first-order valence-corrected chi connectivity index (χ1v) is 5.09. The molecule has 1 fully saturated rings. The van der Waals surface area contributed by atoms with Crippen molar-refractivity contribution >= 4 is 11.9 Å². The SMILES string of the molecule is O=C(Cn1ccnn1)NC1(C(=O)O)CCOC1. The van der Waals surface area contributed by atoms with E-state index in [2.05, 4.69) is 15.6 Å². The van der Waals surface area contributed by atoms with Crippen molar-refractivity contribution in [2.75, 3.05) is 13.2 Å². The Morgan fingerprint density at radius 1 is 1.59 bits per heavy atom. The highest BCUT2D eigenvalue weighted by molar-refractivity contribution is 5.87. The maximum Gasteiger partial charge on any atom is 0.331 e. The van der Waals surface area contributed by atoms with Gasteiger partial charge in [-0.3, -0.25) is 4.79 Å². The molecule has 17 heavy (non-hydrogen) atoms. The van der Waals surface area contributed by atoms with Crippen LogP contribution in [-0.4, -0.2) is 50.7 Å². The van der Waals surface area contributed by atoms with Crippen molar-refractivity contribution < 1.29 is 19.4 Å². The van der Waals surface area contributed by atoms with Crippen molar-refractivity contribution in [2.45, 2.75) is 18.5 Å². The molecule has 1 aromatic heterocycles. The van der Waals surface area contributed by atoms with Gasteiger partial charge in [0.15, 0.2) is 5.54 Å². The molecule has 1 aromatic rings. The molecule has 8 nitrogen and oxygen atoms in total. The largest absolute Gasteiger partial charge is 0.479 e. The number of carbonyl (C=O) groups is 2. The van der Waals surface area contributed by atoms with Crippen LogP contribution in [0.4, 0.5) is 0 Å². The Labute approximate surface area is 96.6 Å². The summed E-state index contributed by atoms with van der Waals surface area (Å²) in [6.07, 6.45) is 3.24. The molecule has 1 atom stereocenters. The number of aliphatic carboxylic acids is 1. The predicted molar refractivity (Wildman–Crippen MR) is 54.0 cm³/mol. The molecule has 8 heteroatoms. The van der Waals surface area contributed by atoms with E-state index in [0.717, 1.165) is 0 Å². The molecule has 2 N–H and O–H groups in total. The molecule has 1 aliphatic heterocycles. The second-order valence-electron chi connectivity index (χ2n) is 3.84. The minimum atomic E-state index is -1.31. The van der Waals surface area contributed by atoms with Gasteiger partial charge >= 0.3 is 5.97 Å². The zero-order chi connectivity index (χ0) is 12.3. The number of carboxylic acid groups (broad SMARTS) is 1. The van der Waals surface area contributed by atoms with Crippen molar-refractivity contribution in [3.05, 3.63) is 12.4 Å². The molecule has 2 rings (SSSR count). The minimum Gasteiger partial charge on any atom is -0.479 e. The van der Waals surface area contributed by atoms with E-state index in [-0.39, 0.29) is 19.6 Å². The summed E-state index contributed by atoms with van der Waals surface area (Å²) < 4.78 is 6.35. The normalized spacial score (nSPS) is 23.5. The van der Waals surface area contributed by atoms with Crippen LogP contribution in [-0.2, 0) is 20.9 Å². The average Bonchev–Trinajstić information content (AvgIpc) is 2.89. The van der Waals surface area contributed by atoms with Crippen LogP contribution in [0.25, 0.3) is 0 Å². The average molecular weight is 240 g/mol. The van der Waals surface area contributed by atoms with E-state index in [1.807, 2.05) is 0 Å².